The van der Waals surface area contributed by atoms with Crippen LogP contribution in [0.2, 0.25) is 0 Å². The number of nitrogens with one attached hydrogen (secondary N) is 1. The average Bonchev–Trinajstić information content (AvgIpc) is 3.35. The first-order chi connectivity index (χ1) is 13.6. The average molecular weight is 379 g/mol. The molecule has 144 valence electrons. The number of piperidine rings is 1. The number of likely N-dealkylation sites (tertiary alicyclic amines) is 1. The highest BCUT2D eigenvalue weighted by Gasteiger charge is 2.48. The van der Waals surface area contributed by atoms with E-state index < -0.39 is 5.54 Å². The molecular formula is C19H21N7O2. The second-order valence-electron chi connectivity index (χ2n) is 7.43. The molecule has 5 heterocycles. The van der Waals surface area contributed by atoms with Crippen LogP contribution in [0.4, 0.5) is 0 Å². The highest BCUT2D eigenvalue weighted by molar-refractivity contribution is 5.92. The number of carbonyl (C=O) groups excluding carboxylic acids is 2. The molecule has 0 unspecified atom stereocenters. The van der Waals surface area contributed by atoms with Crippen molar-refractivity contribution in [3.05, 3.63) is 48.1 Å². The Bertz CT molecular complexity index is 1030. The summed E-state index contributed by atoms with van der Waals surface area (Å²) in [7, 11) is 0. The van der Waals surface area contributed by atoms with Crippen molar-refractivity contribution in [1.29, 1.82) is 0 Å². The van der Waals surface area contributed by atoms with E-state index in [0.717, 1.165) is 17.8 Å². The maximum atomic E-state index is 13.0. The Morgan fingerprint density at radius 1 is 1.18 bits per heavy atom. The standard InChI is InChI=1S/C19H21N7O2/c1-13(27)26-8-3-14-16(22-12-21-14)19(26)4-9-24(10-5-19)17(28)15-11-25-7-2-6-20-18(25)23-15/h2,6-7,11-12H,3-5,8-10H2,1H3,(H,21,22). The number of aromatic nitrogens is 5. The molecule has 2 aliphatic rings. The van der Waals surface area contributed by atoms with Crippen LogP contribution in [0, 0.1) is 0 Å². The van der Waals surface area contributed by atoms with Gasteiger partial charge in [0.2, 0.25) is 11.7 Å². The molecule has 28 heavy (non-hydrogen) atoms. The number of hydrogen-bond acceptors (Lipinski definition) is 5. The normalized spacial score (nSPS) is 18.5. The largest absolute Gasteiger partial charge is 0.348 e. The molecule has 0 atom stereocenters. The van der Waals surface area contributed by atoms with E-state index in [0.29, 0.717) is 43.9 Å². The minimum Gasteiger partial charge on any atom is -0.348 e. The number of rotatable bonds is 1. The third-order valence-electron chi connectivity index (χ3n) is 5.97. The van der Waals surface area contributed by atoms with Gasteiger partial charge in [-0.2, -0.15) is 0 Å². The topological polar surface area (TPSA) is 99.5 Å². The highest BCUT2D eigenvalue weighted by atomic mass is 16.2. The quantitative estimate of drug-likeness (QED) is 0.680. The molecule has 3 aromatic rings. The zero-order valence-electron chi connectivity index (χ0n) is 15.6. The van der Waals surface area contributed by atoms with E-state index in [9.17, 15) is 9.59 Å². The van der Waals surface area contributed by atoms with Crippen molar-refractivity contribution in [2.24, 2.45) is 0 Å². The van der Waals surface area contributed by atoms with E-state index >= 15 is 0 Å². The van der Waals surface area contributed by atoms with Crippen LogP contribution >= 0.6 is 0 Å². The fourth-order valence-electron chi connectivity index (χ4n) is 4.62. The minimum atomic E-state index is -0.434. The lowest BCUT2D eigenvalue weighted by Gasteiger charge is -2.50. The zero-order valence-corrected chi connectivity index (χ0v) is 15.6. The van der Waals surface area contributed by atoms with E-state index in [4.69, 9.17) is 0 Å². The van der Waals surface area contributed by atoms with Gasteiger partial charge in [0.05, 0.1) is 17.6 Å². The van der Waals surface area contributed by atoms with E-state index in [1.165, 1.54) is 0 Å². The SMILES string of the molecule is CC(=O)N1CCc2[nH]cnc2C12CCN(C(=O)c1cn3cccnc3n1)CC2. The molecule has 9 nitrogen and oxygen atoms in total. The van der Waals surface area contributed by atoms with E-state index in [1.54, 1.807) is 36.1 Å². The molecule has 1 saturated heterocycles. The first-order valence-electron chi connectivity index (χ1n) is 9.48. The molecule has 2 aliphatic heterocycles. The smallest absolute Gasteiger partial charge is 0.274 e. The second-order valence-corrected chi connectivity index (χ2v) is 7.43. The van der Waals surface area contributed by atoms with Crippen LogP contribution in [0.1, 0.15) is 41.6 Å². The molecule has 1 N–H and O–H groups in total. The molecule has 2 amide bonds. The molecule has 0 radical (unpaired) electrons. The summed E-state index contributed by atoms with van der Waals surface area (Å²) in [5, 5.41) is 0. The van der Waals surface area contributed by atoms with Gasteiger partial charge >= 0.3 is 0 Å². The van der Waals surface area contributed by atoms with Gasteiger partial charge in [0.15, 0.2) is 0 Å². The van der Waals surface area contributed by atoms with Crippen LogP contribution in [-0.2, 0) is 16.8 Å². The van der Waals surface area contributed by atoms with Gasteiger partial charge in [-0.25, -0.2) is 15.0 Å². The zero-order chi connectivity index (χ0) is 19.3. The third kappa shape index (κ3) is 2.42. The summed E-state index contributed by atoms with van der Waals surface area (Å²) >= 11 is 0. The van der Waals surface area contributed by atoms with Crippen molar-refractivity contribution >= 4 is 17.6 Å². The van der Waals surface area contributed by atoms with Crippen molar-refractivity contribution in [2.75, 3.05) is 19.6 Å². The molecule has 9 heteroatoms. The van der Waals surface area contributed by atoms with Gasteiger partial charge in [-0.15, -0.1) is 0 Å². The predicted molar refractivity (Wildman–Crippen MR) is 99.5 cm³/mol. The van der Waals surface area contributed by atoms with Gasteiger partial charge in [-0.3, -0.25) is 14.0 Å². The van der Waals surface area contributed by atoms with Crippen LogP contribution in [0.15, 0.2) is 31.0 Å². The summed E-state index contributed by atoms with van der Waals surface area (Å²) in [5.74, 6) is 0.461. The fourth-order valence-corrected chi connectivity index (χ4v) is 4.62. The summed E-state index contributed by atoms with van der Waals surface area (Å²) in [4.78, 5) is 45.3. The maximum Gasteiger partial charge on any atom is 0.274 e. The van der Waals surface area contributed by atoms with E-state index in [-0.39, 0.29) is 11.8 Å². The Morgan fingerprint density at radius 3 is 2.75 bits per heavy atom. The van der Waals surface area contributed by atoms with Gasteiger partial charge < -0.3 is 14.8 Å². The van der Waals surface area contributed by atoms with Gasteiger partial charge in [-0.1, -0.05) is 0 Å². The first-order valence-corrected chi connectivity index (χ1v) is 9.48. The van der Waals surface area contributed by atoms with Gasteiger partial charge in [0.1, 0.15) is 5.69 Å². The van der Waals surface area contributed by atoms with Crippen molar-refractivity contribution in [2.45, 2.75) is 31.7 Å². The monoisotopic (exact) mass is 379 g/mol. The van der Waals surface area contributed by atoms with Gasteiger partial charge in [0.25, 0.3) is 5.91 Å². The molecule has 0 bridgehead atoms. The number of hydrogen-bond donors (Lipinski definition) is 1. The van der Waals surface area contributed by atoms with E-state index in [1.807, 2.05) is 16.0 Å². The number of nitrogens with zero attached hydrogens (tertiary/aromatic N) is 6. The lowest BCUT2D eigenvalue weighted by atomic mass is 9.78. The predicted octanol–water partition coefficient (Wildman–Crippen LogP) is 0.988. The van der Waals surface area contributed by atoms with Crippen LogP contribution in [-0.4, -0.2) is 65.6 Å². The Morgan fingerprint density at radius 2 is 2.00 bits per heavy atom. The number of H-pyrrole nitrogens is 1. The van der Waals surface area contributed by atoms with Crippen LogP contribution in [0.3, 0.4) is 0 Å². The van der Waals surface area contributed by atoms with Crippen LogP contribution in [0.5, 0.6) is 0 Å². The first kappa shape index (κ1) is 16.9. The summed E-state index contributed by atoms with van der Waals surface area (Å²) in [5.41, 5.74) is 2.01. The molecule has 1 fully saturated rings. The fraction of sp³-hybridized carbons (Fsp3) is 0.421. The minimum absolute atomic E-state index is 0.0554. The number of amides is 2. The summed E-state index contributed by atoms with van der Waals surface area (Å²) in [6.07, 6.45) is 9.02. The van der Waals surface area contributed by atoms with E-state index in [2.05, 4.69) is 19.9 Å². The molecule has 0 saturated carbocycles. The van der Waals surface area contributed by atoms with Crippen LogP contribution < -0.4 is 0 Å². The molecule has 5 rings (SSSR count). The number of aromatic amines is 1. The molecule has 3 aromatic heterocycles. The van der Waals surface area contributed by atoms with Gasteiger partial charge in [0, 0.05) is 57.3 Å². The van der Waals surface area contributed by atoms with Crippen molar-refractivity contribution < 1.29 is 9.59 Å². The summed E-state index contributed by atoms with van der Waals surface area (Å²) in [6, 6.07) is 1.80. The lowest BCUT2D eigenvalue weighted by molar-refractivity contribution is -0.139. The molecular weight excluding hydrogens is 358 g/mol. The third-order valence-corrected chi connectivity index (χ3v) is 5.97. The highest BCUT2D eigenvalue weighted by Crippen LogP contribution is 2.42. The maximum absolute atomic E-state index is 13.0. The second kappa shape index (κ2) is 6.15. The Labute approximate surface area is 161 Å². The summed E-state index contributed by atoms with van der Waals surface area (Å²) < 4.78 is 1.74. The Balaban J connectivity index is 1.41. The molecule has 1 spiro atoms. The number of imidazole rings is 2. The van der Waals surface area contributed by atoms with Crippen LogP contribution in [0.25, 0.3) is 5.78 Å². The van der Waals surface area contributed by atoms with Crippen molar-refractivity contribution in [3.8, 4) is 0 Å². The Kier molecular flexibility index (Phi) is 3.71. The number of fused-ring (bicyclic) bond motifs is 3. The summed E-state index contributed by atoms with van der Waals surface area (Å²) in [6.45, 7) is 3.39. The lowest BCUT2D eigenvalue weighted by Crippen LogP contribution is -2.58. The Hall–Kier alpha value is -3.23. The van der Waals surface area contributed by atoms with Crippen molar-refractivity contribution in [3.63, 3.8) is 0 Å². The molecule has 0 aliphatic carbocycles. The van der Waals surface area contributed by atoms with Gasteiger partial charge in [-0.05, 0) is 18.9 Å². The molecule has 0 aromatic carbocycles. The number of carbonyl (C=O) groups is 2. The van der Waals surface area contributed by atoms with Crippen molar-refractivity contribution in [1.82, 2.24) is 34.1 Å².